The summed E-state index contributed by atoms with van der Waals surface area (Å²) in [4.78, 5) is 0.674. The van der Waals surface area contributed by atoms with Gasteiger partial charge in [0.25, 0.3) is 0 Å². The maximum atomic E-state index is 13.9. The molecule has 19 heavy (non-hydrogen) atoms. The molecule has 5 heteroatoms. The molecule has 0 aliphatic rings. The number of thioether (sulfide) groups is 1. The van der Waals surface area contributed by atoms with Gasteiger partial charge in [0.05, 0.1) is 6.61 Å². The standard InChI is InChI=1S/C14H22FNO2S/c1-11(6-8-17)19-14-12(4-3-5-13(14)15)10-16-7-9-18-2/h3-5,11,16-17H,6-10H2,1-2H3. The average Bonchev–Trinajstić information content (AvgIpc) is 2.38. The summed E-state index contributed by atoms with van der Waals surface area (Å²) < 4.78 is 18.9. The van der Waals surface area contributed by atoms with Crippen LogP contribution in [0, 0.1) is 5.82 Å². The highest BCUT2D eigenvalue weighted by Gasteiger charge is 2.12. The Balaban J connectivity index is 2.66. The van der Waals surface area contributed by atoms with E-state index in [2.05, 4.69) is 5.32 Å². The van der Waals surface area contributed by atoms with Crippen molar-refractivity contribution in [2.24, 2.45) is 0 Å². The number of rotatable bonds is 9. The molecule has 0 bridgehead atoms. The third kappa shape index (κ3) is 5.91. The van der Waals surface area contributed by atoms with Crippen LogP contribution >= 0.6 is 11.8 Å². The molecule has 1 unspecified atom stereocenters. The molecule has 1 atom stereocenters. The predicted molar refractivity (Wildman–Crippen MR) is 77.0 cm³/mol. The minimum absolute atomic E-state index is 0.129. The fourth-order valence-electron chi connectivity index (χ4n) is 1.66. The number of methoxy groups -OCH3 is 1. The van der Waals surface area contributed by atoms with Gasteiger partial charge in [0.2, 0.25) is 0 Å². The number of nitrogens with one attached hydrogen (secondary N) is 1. The molecule has 0 spiro atoms. The number of aliphatic hydroxyl groups is 1. The summed E-state index contributed by atoms with van der Waals surface area (Å²) in [6.07, 6.45) is 0.662. The lowest BCUT2D eigenvalue weighted by atomic mass is 10.2. The van der Waals surface area contributed by atoms with E-state index in [-0.39, 0.29) is 17.7 Å². The average molecular weight is 287 g/mol. The van der Waals surface area contributed by atoms with Gasteiger partial charge < -0.3 is 15.2 Å². The van der Waals surface area contributed by atoms with E-state index in [1.54, 1.807) is 13.2 Å². The van der Waals surface area contributed by atoms with Crippen molar-refractivity contribution in [3.63, 3.8) is 0 Å². The molecule has 0 saturated heterocycles. The summed E-state index contributed by atoms with van der Waals surface area (Å²) in [6, 6.07) is 5.13. The van der Waals surface area contributed by atoms with Crippen molar-refractivity contribution in [1.29, 1.82) is 0 Å². The van der Waals surface area contributed by atoms with Crippen molar-refractivity contribution < 1.29 is 14.2 Å². The summed E-state index contributed by atoms with van der Waals surface area (Å²) in [6.45, 7) is 4.12. The Kier molecular flexibility index (Phi) is 8.05. The lowest BCUT2D eigenvalue weighted by Crippen LogP contribution is -2.19. The first kappa shape index (κ1) is 16.4. The highest BCUT2D eigenvalue weighted by atomic mass is 32.2. The Morgan fingerprint density at radius 1 is 1.47 bits per heavy atom. The second-order valence-electron chi connectivity index (χ2n) is 4.34. The Hall–Kier alpha value is -0.620. The quantitative estimate of drug-likeness (QED) is 0.541. The van der Waals surface area contributed by atoms with Crippen molar-refractivity contribution in [2.45, 2.75) is 30.0 Å². The van der Waals surface area contributed by atoms with Gasteiger partial charge in [-0.1, -0.05) is 19.1 Å². The summed E-state index contributed by atoms with van der Waals surface area (Å²) in [5, 5.41) is 12.3. The van der Waals surface area contributed by atoms with Crippen LogP contribution in [0.5, 0.6) is 0 Å². The van der Waals surface area contributed by atoms with Crippen LogP contribution in [0.2, 0.25) is 0 Å². The first-order valence-corrected chi connectivity index (χ1v) is 7.31. The lowest BCUT2D eigenvalue weighted by Gasteiger charge is -2.15. The first-order chi connectivity index (χ1) is 9.19. The number of aliphatic hydroxyl groups excluding tert-OH is 1. The van der Waals surface area contributed by atoms with E-state index in [1.165, 1.54) is 17.8 Å². The normalized spacial score (nSPS) is 12.6. The van der Waals surface area contributed by atoms with Gasteiger partial charge >= 0.3 is 0 Å². The SMILES string of the molecule is COCCNCc1cccc(F)c1SC(C)CCO. The van der Waals surface area contributed by atoms with Crippen LogP contribution in [0.3, 0.4) is 0 Å². The number of hydrogen-bond acceptors (Lipinski definition) is 4. The molecule has 0 amide bonds. The number of hydrogen-bond donors (Lipinski definition) is 2. The Labute approximate surface area is 118 Å². The second-order valence-corrected chi connectivity index (χ2v) is 5.79. The molecule has 0 aliphatic carbocycles. The van der Waals surface area contributed by atoms with Gasteiger partial charge in [-0.15, -0.1) is 11.8 Å². The molecule has 1 aromatic rings. The van der Waals surface area contributed by atoms with Gasteiger partial charge in [0.15, 0.2) is 0 Å². The van der Waals surface area contributed by atoms with Gasteiger partial charge in [0.1, 0.15) is 5.82 Å². The van der Waals surface area contributed by atoms with Gasteiger partial charge in [0, 0.05) is 37.0 Å². The molecule has 1 aromatic carbocycles. The van der Waals surface area contributed by atoms with Gasteiger partial charge in [-0.3, -0.25) is 0 Å². The molecule has 0 radical (unpaired) electrons. The molecule has 108 valence electrons. The van der Waals surface area contributed by atoms with E-state index in [4.69, 9.17) is 9.84 Å². The molecule has 0 fully saturated rings. The lowest BCUT2D eigenvalue weighted by molar-refractivity contribution is 0.199. The van der Waals surface area contributed by atoms with Crippen LogP contribution in [-0.2, 0) is 11.3 Å². The third-order valence-corrected chi connectivity index (χ3v) is 4.03. The topological polar surface area (TPSA) is 41.5 Å². The van der Waals surface area contributed by atoms with E-state index in [0.29, 0.717) is 24.5 Å². The summed E-state index contributed by atoms with van der Waals surface area (Å²) in [7, 11) is 1.65. The molecule has 0 aromatic heterocycles. The molecular formula is C14H22FNO2S. The maximum Gasteiger partial charge on any atom is 0.137 e. The fourth-order valence-corrected chi connectivity index (χ4v) is 2.76. The number of benzene rings is 1. The summed E-state index contributed by atoms with van der Waals surface area (Å²) in [5.74, 6) is -0.194. The number of halogens is 1. The smallest absolute Gasteiger partial charge is 0.137 e. The van der Waals surface area contributed by atoms with Crippen LogP contribution in [0.25, 0.3) is 0 Å². The molecular weight excluding hydrogens is 265 g/mol. The first-order valence-electron chi connectivity index (χ1n) is 6.43. The van der Waals surface area contributed by atoms with Crippen LogP contribution in [0.4, 0.5) is 4.39 Å². The van der Waals surface area contributed by atoms with Gasteiger partial charge in [-0.05, 0) is 18.1 Å². The Morgan fingerprint density at radius 3 is 2.95 bits per heavy atom. The van der Waals surface area contributed by atoms with Crippen molar-refractivity contribution in [3.05, 3.63) is 29.6 Å². The Morgan fingerprint density at radius 2 is 2.26 bits per heavy atom. The minimum atomic E-state index is -0.194. The van der Waals surface area contributed by atoms with Gasteiger partial charge in [-0.2, -0.15) is 0 Å². The van der Waals surface area contributed by atoms with E-state index < -0.39 is 0 Å². The molecule has 3 nitrogen and oxygen atoms in total. The van der Waals surface area contributed by atoms with Crippen LogP contribution in [0.15, 0.2) is 23.1 Å². The third-order valence-electron chi connectivity index (χ3n) is 2.70. The van der Waals surface area contributed by atoms with Crippen LogP contribution in [-0.4, -0.2) is 37.2 Å². The zero-order valence-electron chi connectivity index (χ0n) is 11.5. The minimum Gasteiger partial charge on any atom is -0.396 e. The molecule has 1 rings (SSSR count). The van der Waals surface area contributed by atoms with Crippen LogP contribution in [0.1, 0.15) is 18.9 Å². The monoisotopic (exact) mass is 287 g/mol. The Bertz CT molecular complexity index is 376. The van der Waals surface area contributed by atoms with Gasteiger partial charge in [-0.25, -0.2) is 4.39 Å². The summed E-state index contributed by atoms with van der Waals surface area (Å²) in [5.41, 5.74) is 0.950. The zero-order valence-corrected chi connectivity index (χ0v) is 12.3. The molecule has 0 aliphatic heterocycles. The largest absolute Gasteiger partial charge is 0.396 e. The predicted octanol–water partition coefficient (Wildman–Crippen LogP) is 2.42. The van der Waals surface area contributed by atoms with Crippen molar-refractivity contribution in [2.75, 3.05) is 26.9 Å². The summed E-state index contributed by atoms with van der Waals surface area (Å²) >= 11 is 1.48. The molecule has 0 saturated carbocycles. The highest BCUT2D eigenvalue weighted by molar-refractivity contribution is 8.00. The fraction of sp³-hybridized carbons (Fsp3) is 0.571. The van der Waals surface area contributed by atoms with E-state index in [1.807, 2.05) is 13.0 Å². The maximum absolute atomic E-state index is 13.9. The highest BCUT2D eigenvalue weighted by Crippen LogP contribution is 2.30. The van der Waals surface area contributed by atoms with Crippen molar-refractivity contribution in [3.8, 4) is 0 Å². The van der Waals surface area contributed by atoms with E-state index >= 15 is 0 Å². The van der Waals surface area contributed by atoms with Crippen molar-refractivity contribution >= 4 is 11.8 Å². The second kappa shape index (κ2) is 9.31. The molecule has 2 N–H and O–H groups in total. The number of ether oxygens (including phenoxy) is 1. The van der Waals surface area contributed by atoms with E-state index in [0.717, 1.165) is 12.1 Å². The molecule has 0 heterocycles. The van der Waals surface area contributed by atoms with Crippen molar-refractivity contribution in [1.82, 2.24) is 5.32 Å². The van der Waals surface area contributed by atoms with E-state index in [9.17, 15) is 4.39 Å². The zero-order chi connectivity index (χ0) is 14.1. The van der Waals surface area contributed by atoms with Crippen LogP contribution < -0.4 is 5.32 Å².